The van der Waals surface area contributed by atoms with E-state index in [0.717, 1.165) is 6.92 Å². The van der Waals surface area contributed by atoms with Gasteiger partial charge in [0.25, 0.3) is 0 Å². The van der Waals surface area contributed by atoms with Gasteiger partial charge in [0.05, 0.1) is 25.2 Å². The number of nitrogens with two attached hydrogens (primary N) is 2. The molecule has 0 aliphatic heterocycles. The number of carbonyl (C=O) groups excluding carboxylic acids is 4. The van der Waals surface area contributed by atoms with E-state index in [-0.39, 0.29) is 12.8 Å². The van der Waals surface area contributed by atoms with Gasteiger partial charge in [0, 0.05) is 6.42 Å². The molecule has 0 saturated carbocycles. The fourth-order valence-electron chi connectivity index (χ4n) is 2.22. The molecule has 0 aliphatic rings. The van der Waals surface area contributed by atoms with Crippen molar-refractivity contribution in [2.75, 3.05) is 6.61 Å². The summed E-state index contributed by atoms with van der Waals surface area (Å²) in [6.07, 6.45) is -2.94. The van der Waals surface area contributed by atoms with Gasteiger partial charge in [-0.3, -0.25) is 24.0 Å². The van der Waals surface area contributed by atoms with Crippen LogP contribution in [0.4, 0.5) is 0 Å². The third kappa shape index (κ3) is 10.3. The topological polar surface area (TPSA) is 271 Å². The average molecular weight is 449 g/mol. The lowest BCUT2D eigenvalue weighted by atomic mass is 10.1. The lowest BCUT2D eigenvalue weighted by molar-refractivity contribution is -0.143. The molecule has 5 unspecified atom stereocenters. The molecule has 31 heavy (non-hydrogen) atoms. The van der Waals surface area contributed by atoms with Gasteiger partial charge >= 0.3 is 11.9 Å². The number of carboxylic acid groups (broad SMARTS) is 2. The monoisotopic (exact) mass is 449 g/mol. The van der Waals surface area contributed by atoms with Crippen molar-refractivity contribution < 1.29 is 49.2 Å². The van der Waals surface area contributed by atoms with Crippen LogP contribution in [0.25, 0.3) is 0 Å². The van der Waals surface area contributed by atoms with Gasteiger partial charge in [-0.25, -0.2) is 4.79 Å². The van der Waals surface area contributed by atoms with Crippen molar-refractivity contribution in [3.63, 3.8) is 0 Å². The van der Waals surface area contributed by atoms with Crippen molar-refractivity contribution in [2.45, 2.75) is 56.5 Å². The smallest absolute Gasteiger partial charge is 0.326 e. The first-order valence-corrected chi connectivity index (χ1v) is 8.98. The van der Waals surface area contributed by atoms with Gasteiger partial charge in [-0.05, 0) is 13.3 Å². The molecule has 0 fully saturated rings. The number of nitrogens with one attached hydrogen (secondary N) is 3. The molecule has 0 saturated heterocycles. The maximum atomic E-state index is 12.4. The number of aliphatic hydroxyl groups is 2. The average Bonchev–Trinajstić information content (AvgIpc) is 2.65. The minimum absolute atomic E-state index is 0.337. The Bertz CT molecular complexity index is 698. The molecule has 4 amide bonds. The molecule has 0 aromatic rings. The zero-order chi connectivity index (χ0) is 24.3. The Morgan fingerprint density at radius 2 is 1.45 bits per heavy atom. The second-order valence-electron chi connectivity index (χ2n) is 6.58. The van der Waals surface area contributed by atoms with E-state index in [0.29, 0.717) is 0 Å². The van der Waals surface area contributed by atoms with Crippen LogP contribution in [0.3, 0.4) is 0 Å². The first-order valence-electron chi connectivity index (χ1n) is 8.98. The van der Waals surface area contributed by atoms with E-state index in [1.165, 1.54) is 0 Å². The number of aliphatic carboxylic acids is 2. The number of carboxylic acids is 2. The maximum absolute atomic E-state index is 12.4. The van der Waals surface area contributed by atoms with Crippen molar-refractivity contribution in [2.24, 2.45) is 11.5 Å². The number of hydrogen-bond acceptors (Lipinski definition) is 9. The largest absolute Gasteiger partial charge is 0.481 e. The summed E-state index contributed by atoms with van der Waals surface area (Å²) in [5.41, 5.74) is 10.3. The number of amides is 4. The Labute approximate surface area is 176 Å². The van der Waals surface area contributed by atoms with Crippen LogP contribution < -0.4 is 27.4 Å². The molecule has 0 aromatic carbocycles. The third-order valence-electron chi connectivity index (χ3n) is 3.90. The molecule has 15 nitrogen and oxygen atoms in total. The number of aliphatic hydroxyl groups excluding tert-OH is 2. The van der Waals surface area contributed by atoms with Crippen LogP contribution in [0, 0.1) is 0 Å². The molecule has 0 aromatic heterocycles. The van der Waals surface area contributed by atoms with Crippen LogP contribution in [0.15, 0.2) is 0 Å². The summed E-state index contributed by atoms with van der Waals surface area (Å²) in [5.74, 6) is -6.98. The molecule has 0 spiro atoms. The molecule has 0 aliphatic carbocycles. The van der Waals surface area contributed by atoms with Gasteiger partial charge in [-0.15, -0.1) is 0 Å². The Morgan fingerprint density at radius 3 is 1.87 bits per heavy atom. The molecule has 0 heterocycles. The van der Waals surface area contributed by atoms with Gasteiger partial charge in [-0.2, -0.15) is 0 Å². The van der Waals surface area contributed by atoms with E-state index >= 15 is 0 Å². The minimum atomic E-state index is -1.67. The summed E-state index contributed by atoms with van der Waals surface area (Å²) in [5, 5.41) is 42.9. The highest BCUT2D eigenvalue weighted by Crippen LogP contribution is 2.01. The van der Waals surface area contributed by atoms with Gasteiger partial charge in [0.15, 0.2) is 0 Å². The van der Waals surface area contributed by atoms with E-state index < -0.39 is 78.9 Å². The van der Waals surface area contributed by atoms with Gasteiger partial charge in [0.1, 0.15) is 18.1 Å². The maximum Gasteiger partial charge on any atom is 0.326 e. The fraction of sp³-hybridized carbons (Fsp3) is 0.625. The molecule has 15 heteroatoms. The summed E-state index contributed by atoms with van der Waals surface area (Å²) in [4.78, 5) is 69.1. The summed E-state index contributed by atoms with van der Waals surface area (Å²) in [7, 11) is 0. The van der Waals surface area contributed by atoms with Crippen molar-refractivity contribution in [3.05, 3.63) is 0 Å². The van der Waals surface area contributed by atoms with Crippen molar-refractivity contribution in [1.82, 2.24) is 16.0 Å². The van der Waals surface area contributed by atoms with Crippen LogP contribution in [0.1, 0.15) is 26.2 Å². The lowest BCUT2D eigenvalue weighted by Crippen LogP contribution is -2.60. The van der Waals surface area contributed by atoms with Gasteiger partial charge < -0.3 is 47.8 Å². The van der Waals surface area contributed by atoms with Gasteiger partial charge in [-0.1, -0.05) is 0 Å². The number of primary amides is 1. The SMILES string of the molecule is CC(O)C(NC(=O)C(N)CC(=O)O)C(=O)NC(CO)C(=O)NC(CCC(N)=O)C(=O)O. The lowest BCUT2D eigenvalue weighted by Gasteiger charge is -2.25. The van der Waals surface area contributed by atoms with Crippen LogP contribution in [0.2, 0.25) is 0 Å². The van der Waals surface area contributed by atoms with Crippen molar-refractivity contribution >= 4 is 35.6 Å². The zero-order valence-electron chi connectivity index (χ0n) is 16.6. The standard InChI is InChI=1S/C16H27N5O10/c1-6(23)12(21-13(27)7(17)4-11(25)26)15(29)20-9(5-22)14(28)19-8(16(30)31)2-3-10(18)24/h6-9,12,22-23H,2-5,17H2,1H3,(H2,18,24)(H,19,28)(H,20,29)(H,21,27)(H,25,26)(H,30,31). The van der Waals surface area contributed by atoms with E-state index in [2.05, 4.69) is 0 Å². The molecular weight excluding hydrogens is 422 g/mol. The van der Waals surface area contributed by atoms with Crippen molar-refractivity contribution in [1.29, 1.82) is 0 Å². The summed E-state index contributed by atoms with van der Waals surface area (Å²) < 4.78 is 0. The number of rotatable bonds is 14. The number of hydrogen-bond donors (Lipinski definition) is 9. The van der Waals surface area contributed by atoms with E-state index in [9.17, 15) is 39.0 Å². The molecule has 0 bridgehead atoms. The molecule has 176 valence electrons. The Kier molecular flexibility index (Phi) is 11.7. The van der Waals surface area contributed by atoms with E-state index in [1.807, 2.05) is 16.0 Å². The molecule has 5 atom stereocenters. The second-order valence-corrected chi connectivity index (χ2v) is 6.58. The number of carbonyl (C=O) groups is 6. The van der Waals surface area contributed by atoms with Crippen molar-refractivity contribution in [3.8, 4) is 0 Å². The van der Waals surface area contributed by atoms with Crippen LogP contribution in [-0.4, -0.2) is 92.9 Å². The van der Waals surface area contributed by atoms with E-state index in [1.54, 1.807) is 0 Å². The minimum Gasteiger partial charge on any atom is -0.481 e. The highest BCUT2D eigenvalue weighted by molar-refractivity contribution is 5.95. The van der Waals surface area contributed by atoms with Crippen LogP contribution in [0.5, 0.6) is 0 Å². The molecular formula is C16H27N5O10. The first-order chi connectivity index (χ1) is 14.3. The summed E-state index contributed by atoms with van der Waals surface area (Å²) in [6.45, 7) is 0.143. The summed E-state index contributed by atoms with van der Waals surface area (Å²) in [6, 6.07) is -6.40. The second kappa shape index (κ2) is 13.1. The van der Waals surface area contributed by atoms with Crippen LogP contribution in [-0.2, 0) is 28.8 Å². The zero-order valence-corrected chi connectivity index (χ0v) is 16.6. The summed E-state index contributed by atoms with van der Waals surface area (Å²) >= 11 is 0. The molecule has 11 N–H and O–H groups in total. The first kappa shape index (κ1) is 27.7. The Hall–Kier alpha value is -3.30. The fourth-order valence-corrected chi connectivity index (χ4v) is 2.22. The predicted molar refractivity (Wildman–Crippen MR) is 101 cm³/mol. The third-order valence-corrected chi connectivity index (χ3v) is 3.90. The molecule has 0 radical (unpaired) electrons. The highest BCUT2D eigenvalue weighted by atomic mass is 16.4. The van der Waals surface area contributed by atoms with Gasteiger partial charge in [0.2, 0.25) is 23.6 Å². The highest BCUT2D eigenvalue weighted by Gasteiger charge is 2.32. The Balaban J connectivity index is 5.17. The normalized spacial score (nSPS) is 15.5. The molecule has 0 rings (SSSR count). The van der Waals surface area contributed by atoms with E-state index in [4.69, 9.17) is 21.7 Å². The quantitative estimate of drug-likeness (QED) is 0.121. The predicted octanol–water partition coefficient (Wildman–Crippen LogP) is -5.03. The van der Waals surface area contributed by atoms with Crippen LogP contribution >= 0.6 is 0 Å². The Morgan fingerprint density at radius 1 is 0.903 bits per heavy atom.